The molecule has 0 saturated carbocycles. The minimum atomic E-state index is -3.30. The number of benzene rings is 3. The first-order chi connectivity index (χ1) is 14.7. The molecule has 0 atom stereocenters. The van der Waals surface area contributed by atoms with Crippen molar-refractivity contribution in [1.82, 2.24) is 0 Å². The van der Waals surface area contributed by atoms with Crippen molar-refractivity contribution in [2.75, 3.05) is 5.88 Å². The van der Waals surface area contributed by atoms with Gasteiger partial charge in [0.25, 0.3) is 0 Å². The van der Waals surface area contributed by atoms with Crippen molar-refractivity contribution in [3.8, 4) is 17.2 Å². The van der Waals surface area contributed by atoms with Gasteiger partial charge in [0.15, 0.2) is 0 Å². The fourth-order valence-corrected chi connectivity index (χ4v) is 6.62. The molecule has 5 heteroatoms. The number of aryl methyl sites for hydroxylation is 6. The summed E-state index contributed by atoms with van der Waals surface area (Å²) in [5.41, 5.74) is 6.67. The summed E-state index contributed by atoms with van der Waals surface area (Å²) < 4.78 is 19.8. The van der Waals surface area contributed by atoms with E-state index in [1.165, 1.54) is 16.7 Å². The minimum Gasteiger partial charge on any atom is -0.483 e. The fraction of sp³-hybridized carbons (Fsp3) is 0.308. The molecule has 0 radical (unpaired) electrons. The van der Waals surface area contributed by atoms with Crippen LogP contribution in [0.25, 0.3) is 0 Å². The normalized spacial score (nSPS) is 11.3. The lowest BCUT2D eigenvalue weighted by Crippen LogP contribution is -2.55. The van der Waals surface area contributed by atoms with E-state index < -0.39 is 8.80 Å². The Bertz CT molecular complexity index is 935. The van der Waals surface area contributed by atoms with Gasteiger partial charge in [-0.15, -0.1) is 11.6 Å². The smallest absolute Gasteiger partial charge is 0.483 e. The first kappa shape index (κ1) is 23.2. The van der Waals surface area contributed by atoms with E-state index in [9.17, 15) is 0 Å². The Labute approximate surface area is 192 Å². The minimum absolute atomic E-state index is 0.368. The third-order valence-electron chi connectivity index (χ3n) is 5.19. The topological polar surface area (TPSA) is 27.7 Å². The van der Waals surface area contributed by atoms with Crippen LogP contribution in [0.15, 0.2) is 54.6 Å². The van der Waals surface area contributed by atoms with Crippen LogP contribution in [-0.4, -0.2) is 14.7 Å². The van der Waals surface area contributed by atoms with E-state index >= 15 is 0 Å². The van der Waals surface area contributed by atoms with Crippen molar-refractivity contribution in [2.45, 2.75) is 47.6 Å². The lowest BCUT2D eigenvalue weighted by atomic mass is 10.1. The summed E-state index contributed by atoms with van der Waals surface area (Å²) in [6, 6.07) is 18.8. The third-order valence-corrected chi connectivity index (χ3v) is 8.15. The van der Waals surface area contributed by atoms with Crippen LogP contribution in [0.5, 0.6) is 17.2 Å². The number of hydrogen-bond acceptors (Lipinski definition) is 3. The van der Waals surface area contributed by atoms with Crippen LogP contribution in [0.3, 0.4) is 0 Å². The molecule has 31 heavy (non-hydrogen) atoms. The maximum absolute atomic E-state index is 6.62. The van der Waals surface area contributed by atoms with Gasteiger partial charge in [0.1, 0.15) is 17.2 Å². The number of halogens is 1. The summed E-state index contributed by atoms with van der Waals surface area (Å²) in [7, 11) is -3.30. The molecule has 3 rings (SSSR count). The fourth-order valence-electron chi connectivity index (χ4n) is 3.58. The standard InChI is InChI=1S/C26H31ClO3Si/c1-18-7-10-24(21(4)15-18)28-31(14-13-27,29-25-11-8-19(2)16-22(25)5)30-26-12-9-20(3)17-23(26)6/h7-12,15-17H,13-14H2,1-6H3. The molecule has 0 saturated heterocycles. The maximum Gasteiger partial charge on any atom is 0.700 e. The summed E-state index contributed by atoms with van der Waals surface area (Å²) in [5, 5.41) is 0. The van der Waals surface area contributed by atoms with Gasteiger partial charge in [-0.3, -0.25) is 0 Å². The molecule has 0 heterocycles. The average molecular weight is 455 g/mol. The molecule has 164 valence electrons. The van der Waals surface area contributed by atoms with Crippen LogP contribution in [0.2, 0.25) is 6.04 Å². The molecule has 0 spiro atoms. The molecule has 3 aromatic rings. The molecular formula is C26H31ClO3Si. The second kappa shape index (κ2) is 9.80. The summed E-state index contributed by atoms with van der Waals surface area (Å²) >= 11 is 6.27. The summed E-state index contributed by atoms with van der Waals surface area (Å²) in [6.07, 6.45) is 0. The molecule has 0 unspecified atom stereocenters. The molecule has 0 fully saturated rings. The number of hydrogen-bond donors (Lipinski definition) is 0. The Kier molecular flexibility index (Phi) is 7.34. The zero-order valence-electron chi connectivity index (χ0n) is 19.2. The van der Waals surface area contributed by atoms with Gasteiger partial charge >= 0.3 is 8.80 Å². The van der Waals surface area contributed by atoms with Crippen molar-refractivity contribution in [3.05, 3.63) is 88.0 Å². The Balaban J connectivity index is 2.07. The molecule has 0 amide bonds. The second-order valence-electron chi connectivity index (χ2n) is 8.24. The Morgan fingerprint density at radius 1 is 0.581 bits per heavy atom. The summed E-state index contributed by atoms with van der Waals surface area (Å²) in [6.45, 7) is 12.3. The Morgan fingerprint density at radius 3 is 1.16 bits per heavy atom. The lowest BCUT2D eigenvalue weighted by Gasteiger charge is -2.32. The van der Waals surface area contributed by atoms with E-state index in [1.54, 1.807) is 0 Å². The van der Waals surface area contributed by atoms with Crippen LogP contribution >= 0.6 is 11.6 Å². The van der Waals surface area contributed by atoms with Gasteiger partial charge in [0.2, 0.25) is 0 Å². The molecular weight excluding hydrogens is 424 g/mol. The van der Waals surface area contributed by atoms with Gasteiger partial charge in [0, 0.05) is 5.88 Å². The highest BCUT2D eigenvalue weighted by Gasteiger charge is 2.49. The monoisotopic (exact) mass is 454 g/mol. The zero-order chi connectivity index (χ0) is 22.6. The molecule has 0 aliphatic rings. The van der Waals surface area contributed by atoms with Gasteiger partial charge in [-0.2, -0.15) is 0 Å². The average Bonchev–Trinajstić information content (AvgIpc) is 2.69. The van der Waals surface area contributed by atoms with Crippen LogP contribution in [0.4, 0.5) is 0 Å². The highest BCUT2D eigenvalue weighted by molar-refractivity contribution is 6.64. The van der Waals surface area contributed by atoms with Crippen molar-refractivity contribution >= 4 is 20.4 Å². The van der Waals surface area contributed by atoms with Crippen LogP contribution in [0, 0.1) is 41.5 Å². The zero-order valence-corrected chi connectivity index (χ0v) is 21.0. The lowest BCUT2D eigenvalue weighted by molar-refractivity contribution is 0.260. The first-order valence-corrected chi connectivity index (χ1v) is 13.0. The predicted octanol–water partition coefficient (Wildman–Crippen LogP) is 7.25. The predicted molar refractivity (Wildman–Crippen MR) is 131 cm³/mol. The molecule has 0 aromatic heterocycles. The van der Waals surface area contributed by atoms with Gasteiger partial charge in [0.05, 0.1) is 6.04 Å². The van der Waals surface area contributed by atoms with E-state index in [4.69, 9.17) is 24.9 Å². The molecule has 0 aliphatic carbocycles. The van der Waals surface area contributed by atoms with E-state index in [0.717, 1.165) is 33.9 Å². The molecule has 0 aliphatic heterocycles. The second-order valence-corrected chi connectivity index (χ2v) is 11.1. The van der Waals surface area contributed by atoms with E-state index in [2.05, 4.69) is 39.0 Å². The van der Waals surface area contributed by atoms with Crippen LogP contribution in [0.1, 0.15) is 33.4 Å². The van der Waals surface area contributed by atoms with E-state index in [0.29, 0.717) is 11.9 Å². The molecule has 3 aromatic carbocycles. The SMILES string of the molecule is Cc1ccc(O[Si](CCCl)(Oc2ccc(C)cc2C)Oc2ccc(C)cc2C)c(C)c1. The summed E-state index contributed by atoms with van der Waals surface area (Å²) in [5.74, 6) is 2.65. The van der Waals surface area contributed by atoms with Crippen LogP contribution in [-0.2, 0) is 0 Å². The third kappa shape index (κ3) is 5.84. The number of alkyl halides is 1. The van der Waals surface area contributed by atoms with Crippen molar-refractivity contribution in [3.63, 3.8) is 0 Å². The van der Waals surface area contributed by atoms with Crippen LogP contribution < -0.4 is 13.3 Å². The quantitative estimate of drug-likeness (QED) is 0.265. The molecule has 3 nitrogen and oxygen atoms in total. The largest absolute Gasteiger partial charge is 0.700 e. The van der Waals surface area contributed by atoms with Crippen molar-refractivity contribution in [1.29, 1.82) is 0 Å². The van der Waals surface area contributed by atoms with E-state index in [1.807, 2.05) is 57.2 Å². The Morgan fingerprint density at radius 2 is 0.903 bits per heavy atom. The van der Waals surface area contributed by atoms with Gasteiger partial charge in [-0.25, -0.2) is 0 Å². The van der Waals surface area contributed by atoms with Gasteiger partial charge in [-0.1, -0.05) is 53.1 Å². The summed E-state index contributed by atoms with van der Waals surface area (Å²) in [4.78, 5) is 0. The molecule has 0 N–H and O–H groups in total. The highest BCUT2D eigenvalue weighted by Crippen LogP contribution is 2.32. The van der Waals surface area contributed by atoms with Gasteiger partial charge < -0.3 is 13.3 Å². The highest BCUT2D eigenvalue weighted by atomic mass is 35.5. The molecule has 0 bridgehead atoms. The van der Waals surface area contributed by atoms with Crippen molar-refractivity contribution < 1.29 is 13.3 Å². The van der Waals surface area contributed by atoms with E-state index in [-0.39, 0.29) is 0 Å². The number of rotatable bonds is 8. The van der Waals surface area contributed by atoms with Gasteiger partial charge in [-0.05, 0) is 76.4 Å². The first-order valence-electron chi connectivity index (χ1n) is 10.6. The Hall–Kier alpha value is -2.43. The maximum atomic E-state index is 6.62. The van der Waals surface area contributed by atoms with Crippen molar-refractivity contribution in [2.24, 2.45) is 0 Å².